The van der Waals surface area contributed by atoms with E-state index in [2.05, 4.69) is 0 Å². The van der Waals surface area contributed by atoms with Gasteiger partial charge in [0.05, 0.1) is 26.4 Å². The van der Waals surface area contributed by atoms with Gasteiger partial charge in [-0.2, -0.15) is 0 Å². The summed E-state index contributed by atoms with van der Waals surface area (Å²) in [5, 5.41) is 98.6. The standard InChI is InChI=1S/C20H35O20P/c21-1-5-9(24)12(27)17(34-5)38-19-14(29)11(26)8(37-19)4-33-41(31,32)40-16-7(3-23)36-20(15(16)30)39-18-13(28)10(25)6(2-22)35-18/h5-30H,1-4H2,(H,31,32)/t5-,6-,7-,8-,9-,10-,11-,12-,13-,14-,15-,16-,17?,18?,19?,20?/m1/s1. The number of hydrogen-bond acceptors (Lipinski definition) is 19. The Morgan fingerprint density at radius 3 is 1.32 bits per heavy atom. The van der Waals surface area contributed by atoms with Gasteiger partial charge in [-0.3, -0.25) is 9.05 Å². The first-order valence-electron chi connectivity index (χ1n) is 12.5. The molecule has 0 bridgehead atoms. The fraction of sp³-hybridized carbons (Fsp3) is 1.00. The number of phosphoric ester groups is 1. The van der Waals surface area contributed by atoms with Gasteiger partial charge < -0.3 is 84.4 Å². The van der Waals surface area contributed by atoms with Crippen molar-refractivity contribution in [2.45, 2.75) is 98.4 Å². The van der Waals surface area contributed by atoms with Gasteiger partial charge in [-0.25, -0.2) is 4.57 Å². The molecule has 4 heterocycles. The first-order chi connectivity index (χ1) is 19.3. The summed E-state index contributed by atoms with van der Waals surface area (Å²) in [5.41, 5.74) is 0. The van der Waals surface area contributed by atoms with Gasteiger partial charge in [-0.05, 0) is 0 Å². The SMILES string of the molecule is O=P(O)(OC[C@H]1OC(OC2O[C@H](CO)[C@@H](O)[C@H]2O)[C@H](O)[C@@H]1O)O[C@@H]1[C@@H](CO)OC(OC2O[C@H](CO)[C@@H](O)[C@H]2O)[C@@H]1O. The molecule has 4 aliphatic rings. The summed E-state index contributed by atoms with van der Waals surface area (Å²) >= 11 is 0. The van der Waals surface area contributed by atoms with Gasteiger partial charge in [0.25, 0.3) is 0 Å². The molecule has 0 aromatic carbocycles. The van der Waals surface area contributed by atoms with Crippen LogP contribution >= 0.6 is 7.82 Å². The van der Waals surface area contributed by atoms with Crippen LogP contribution in [0.25, 0.3) is 0 Å². The fourth-order valence-electron chi connectivity index (χ4n) is 4.63. The molecule has 5 unspecified atom stereocenters. The number of hydrogen-bond donors (Lipinski definition) is 11. The third-order valence-electron chi connectivity index (χ3n) is 6.98. The molecule has 240 valence electrons. The normalized spacial score (nSPS) is 50.0. The van der Waals surface area contributed by atoms with E-state index in [0.29, 0.717) is 0 Å². The lowest BCUT2D eigenvalue weighted by atomic mass is 10.1. The highest BCUT2D eigenvalue weighted by atomic mass is 31.2. The van der Waals surface area contributed by atoms with Crippen molar-refractivity contribution in [3.05, 3.63) is 0 Å². The molecule has 0 aromatic rings. The maximum absolute atomic E-state index is 12.6. The highest BCUT2D eigenvalue weighted by molar-refractivity contribution is 7.47. The molecule has 20 nitrogen and oxygen atoms in total. The summed E-state index contributed by atoms with van der Waals surface area (Å²) < 4.78 is 53.7. The average molecular weight is 626 g/mol. The van der Waals surface area contributed by atoms with Crippen LogP contribution in [0.5, 0.6) is 0 Å². The molecule has 11 N–H and O–H groups in total. The van der Waals surface area contributed by atoms with E-state index in [4.69, 9.17) is 42.6 Å². The molecule has 0 spiro atoms. The van der Waals surface area contributed by atoms with Gasteiger partial charge in [0.2, 0.25) is 0 Å². The third kappa shape index (κ3) is 7.08. The lowest BCUT2D eigenvalue weighted by molar-refractivity contribution is -0.269. The molecular weight excluding hydrogens is 591 g/mol. The van der Waals surface area contributed by atoms with Crippen LogP contribution < -0.4 is 0 Å². The quantitative estimate of drug-likeness (QED) is 0.0896. The highest BCUT2D eigenvalue weighted by Crippen LogP contribution is 2.48. The molecule has 21 heteroatoms. The van der Waals surface area contributed by atoms with Gasteiger partial charge in [0, 0.05) is 0 Å². The van der Waals surface area contributed by atoms with Crippen LogP contribution in [-0.2, 0) is 42.0 Å². The van der Waals surface area contributed by atoms with Gasteiger partial charge >= 0.3 is 7.82 Å². The van der Waals surface area contributed by atoms with Crippen molar-refractivity contribution < 1.29 is 98.0 Å². The van der Waals surface area contributed by atoms with Crippen molar-refractivity contribution in [3.8, 4) is 0 Å². The largest absolute Gasteiger partial charge is 0.472 e. The van der Waals surface area contributed by atoms with E-state index in [1.165, 1.54) is 0 Å². The minimum atomic E-state index is -5.11. The van der Waals surface area contributed by atoms with Crippen LogP contribution in [0.2, 0.25) is 0 Å². The smallest absolute Gasteiger partial charge is 0.394 e. The van der Waals surface area contributed by atoms with Crippen LogP contribution in [0.4, 0.5) is 0 Å². The maximum Gasteiger partial charge on any atom is 0.472 e. The Balaban J connectivity index is 1.30. The second-order valence-electron chi connectivity index (χ2n) is 9.76. The summed E-state index contributed by atoms with van der Waals surface area (Å²) in [4.78, 5) is 10.2. The van der Waals surface area contributed by atoms with Gasteiger partial charge in [-0.15, -0.1) is 0 Å². The molecule has 0 radical (unpaired) electrons. The zero-order valence-corrected chi connectivity index (χ0v) is 22.0. The van der Waals surface area contributed by atoms with Crippen LogP contribution in [0, 0.1) is 0 Å². The summed E-state index contributed by atoms with van der Waals surface area (Å²) in [7, 11) is -5.11. The van der Waals surface area contributed by atoms with Crippen LogP contribution in [0.3, 0.4) is 0 Å². The van der Waals surface area contributed by atoms with E-state index in [1.54, 1.807) is 0 Å². The molecule has 0 aromatic heterocycles. The zero-order valence-electron chi connectivity index (χ0n) is 21.1. The van der Waals surface area contributed by atoms with E-state index in [-0.39, 0.29) is 0 Å². The van der Waals surface area contributed by atoms with Crippen molar-refractivity contribution in [1.29, 1.82) is 0 Å². The Labute approximate surface area is 231 Å². The summed E-state index contributed by atoms with van der Waals surface area (Å²) in [6, 6.07) is 0. The minimum Gasteiger partial charge on any atom is -0.394 e. The topological polar surface area (TPSA) is 313 Å². The monoisotopic (exact) mass is 626 g/mol. The lowest BCUT2D eigenvalue weighted by Gasteiger charge is -2.24. The first kappa shape index (κ1) is 33.4. The van der Waals surface area contributed by atoms with Crippen molar-refractivity contribution in [2.75, 3.05) is 26.4 Å². The van der Waals surface area contributed by atoms with Crippen molar-refractivity contribution in [1.82, 2.24) is 0 Å². The summed E-state index contributed by atoms with van der Waals surface area (Å²) in [6.07, 6.45) is -25.2. The summed E-state index contributed by atoms with van der Waals surface area (Å²) in [5.74, 6) is 0. The number of rotatable bonds is 12. The Kier molecular flexibility index (Phi) is 11.1. The Morgan fingerprint density at radius 1 is 0.537 bits per heavy atom. The van der Waals surface area contributed by atoms with Gasteiger partial charge in [0.15, 0.2) is 25.2 Å². The molecule has 4 fully saturated rings. The lowest BCUT2D eigenvalue weighted by Crippen LogP contribution is -2.40. The second-order valence-corrected chi connectivity index (χ2v) is 11.2. The van der Waals surface area contributed by atoms with Gasteiger partial charge in [-0.1, -0.05) is 0 Å². The molecule has 4 aliphatic heterocycles. The molecule has 17 atom stereocenters. The molecule has 4 rings (SSSR count). The molecule has 0 saturated carbocycles. The first-order valence-corrected chi connectivity index (χ1v) is 14.0. The van der Waals surface area contributed by atoms with E-state index < -0.39 is 133 Å². The average Bonchev–Trinajstić information content (AvgIpc) is 3.58. The zero-order chi connectivity index (χ0) is 30.2. The van der Waals surface area contributed by atoms with Crippen LogP contribution in [0.1, 0.15) is 0 Å². The Hall–Kier alpha value is -0.530. The number of aliphatic hydroxyl groups excluding tert-OH is 10. The maximum atomic E-state index is 12.6. The predicted molar refractivity (Wildman–Crippen MR) is 121 cm³/mol. The highest BCUT2D eigenvalue weighted by Gasteiger charge is 2.53. The Morgan fingerprint density at radius 2 is 0.902 bits per heavy atom. The van der Waals surface area contributed by atoms with E-state index >= 15 is 0 Å². The number of phosphoric acid groups is 1. The molecule has 4 saturated heterocycles. The van der Waals surface area contributed by atoms with Crippen molar-refractivity contribution >= 4 is 7.82 Å². The fourth-order valence-corrected chi connectivity index (χ4v) is 5.60. The van der Waals surface area contributed by atoms with E-state index in [0.717, 1.165) is 0 Å². The molecule has 41 heavy (non-hydrogen) atoms. The van der Waals surface area contributed by atoms with Crippen molar-refractivity contribution in [3.63, 3.8) is 0 Å². The molecular formula is C20H35O20P. The van der Waals surface area contributed by atoms with E-state index in [1.807, 2.05) is 0 Å². The second kappa shape index (κ2) is 13.6. The predicted octanol–water partition coefficient (Wildman–Crippen LogP) is -7.08. The van der Waals surface area contributed by atoms with Crippen LogP contribution in [0.15, 0.2) is 0 Å². The van der Waals surface area contributed by atoms with Crippen LogP contribution in [-0.4, -0.2) is 181 Å². The number of aliphatic hydroxyl groups is 10. The molecule has 0 aliphatic carbocycles. The Bertz CT molecular complexity index is 899. The minimum absolute atomic E-state index is 0.647. The number of ether oxygens (including phenoxy) is 6. The van der Waals surface area contributed by atoms with Crippen molar-refractivity contribution in [2.24, 2.45) is 0 Å². The van der Waals surface area contributed by atoms with Gasteiger partial charge in [0.1, 0.15) is 73.2 Å². The summed E-state index contributed by atoms with van der Waals surface area (Å²) in [6.45, 7) is -3.02. The third-order valence-corrected chi connectivity index (χ3v) is 7.96. The van der Waals surface area contributed by atoms with E-state index in [9.17, 15) is 55.4 Å². The molecule has 0 amide bonds.